The zero-order valence-electron chi connectivity index (χ0n) is 12.3. The minimum atomic E-state index is -0.894. The van der Waals surface area contributed by atoms with Gasteiger partial charge in [-0.25, -0.2) is 4.79 Å². The molecule has 0 aliphatic heterocycles. The molecule has 0 spiro atoms. The van der Waals surface area contributed by atoms with E-state index in [0.717, 1.165) is 10.0 Å². The van der Waals surface area contributed by atoms with Crippen molar-refractivity contribution in [2.24, 2.45) is 5.73 Å². The maximum Gasteiger partial charge on any atom is 0.318 e. The molecule has 0 heterocycles. The number of amides is 3. The third-order valence-corrected chi connectivity index (χ3v) is 2.95. The Morgan fingerprint density at radius 3 is 2.57 bits per heavy atom. The van der Waals surface area contributed by atoms with Crippen LogP contribution in [0.4, 0.5) is 4.79 Å². The number of nitrogens with one attached hydrogen (secondary N) is 2. The first-order valence-electron chi connectivity index (χ1n) is 6.43. The molecule has 0 fully saturated rings. The van der Waals surface area contributed by atoms with Gasteiger partial charge in [-0.2, -0.15) is 0 Å². The predicted molar refractivity (Wildman–Crippen MR) is 84.0 cm³/mol. The van der Waals surface area contributed by atoms with Gasteiger partial charge in [0.15, 0.2) is 6.61 Å². The van der Waals surface area contributed by atoms with Gasteiger partial charge in [-0.3, -0.25) is 10.1 Å². The van der Waals surface area contributed by atoms with E-state index in [-0.39, 0.29) is 12.1 Å². The fourth-order valence-corrected chi connectivity index (χ4v) is 1.91. The number of ether oxygens (including phenoxy) is 1. The van der Waals surface area contributed by atoms with E-state index in [4.69, 9.17) is 10.5 Å². The Morgan fingerprint density at radius 1 is 1.33 bits per heavy atom. The third kappa shape index (κ3) is 7.10. The van der Waals surface area contributed by atoms with Crippen LogP contribution in [0.3, 0.4) is 0 Å². The van der Waals surface area contributed by atoms with Gasteiger partial charge in [0.2, 0.25) is 0 Å². The van der Waals surface area contributed by atoms with Crippen LogP contribution >= 0.6 is 15.9 Å². The lowest BCUT2D eigenvalue weighted by Crippen LogP contribution is -2.38. The number of carbonyl (C=O) groups is 2. The molecule has 0 unspecified atom stereocenters. The Kier molecular flexibility index (Phi) is 6.17. The van der Waals surface area contributed by atoms with E-state index in [1.54, 1.807) is 6.07 Å². The van der Waals surface area contributed by atoms with Crippen LogP contribution in [0, 0.1) is 0 Å². The number of hydrogen-bond donors (Lipinski definition) is 3. The number of nitrogens with two attached hydrogens (primary N) is 1. The number of benzene rings is 1. The number of carbonyl (C=O) groups excluding carboxylic acids is 2. The van der Waals surface area contributed by atoms with Crippen LogP contribution in [0.15, 0.2) is 22.7 Å². The SMILES string of the molecule is CC(C)(C)NCc1cc(Br)ccc1OCC(=O)NC(N)=O. The molecule has 1 aromatic carbocycles. The van der Waals surface area contributed by atoms with Crippen LogP contribution in [0.2, 0.25) is 0 Å². The molecule has 0 bridgehead atoms. The van der Waals surface area contributed by atoms with Crippen LogP contribution in [-0.2, 0) is 11.3 Å². The summed E-state index contributed by atoms with van der Waals surface area (Å²) in [5, 5.41) is 5.30. The summed E-state index contributed by atoms with van der Waals surface area (Å²) >= 11 is 3.41. The van der Waals surface area contributed by atoms with Crippen molar-refractivity contribution in [3.63, 3.8) is 0 Å². The first-order valence-corrected chi connectivity index (χ1v) is 7.22. The van der Waals surface area contributed by atoms with E-state index in [9.17, 15) is 9.59 Å². The molecule has 1 aromatic rings. The molecule has 0 aliphatic carbocycles. The number of primary amides is 1. The molecule has 3 amide bonds. The second-order valence-corrected chi connectivity index (χ2v) is 6.47. The van der Waals surface area contributed by atoms with Crippen molar-refractivity contribution in [1.29, 1.82) is 0 Å². The highest BCUT2D eigenvalue weighted by Gasteiger charge is 2.13. The second kappa shape index (κ2) is 7.42. The number of urea groups is 1. The lowest BCUT2D eigenvalue weighted by Gasteiger charge is -2.21. The minimum absolute atomic E-state index is 0.0388. The average Bonchev–Trinajstić information content (AvgIpc) is 2.33. The summed E-state index contributed by atoms with van der Waals surface area (Å²) in [4.78, 5) is 21.9. The molecule has 0 aliphatic rings. The summed E-state index contributed by atoms with van der Waals surface area (Å²) in [6.45, 7) is 6.51. The molecular formula is C14H20BrN3O3. The van der Waals surface area contributed by atoms with E-state index in [2.05, 4.69) is 42.0 Å². The maximum atomic E-state index is 11.4. The highest BCUT2D eigenvalue weighted by molar-refractivity contribution is 9.10. The quantitative estimate of drug-likeness (QED) is 0.750. The molecule has 1 rings (SSSR count). The highest BCUT2D eigenvalue weighted by Crippen LogP contribution is 2.23. The Balaban J connectivity index is 2.72. The largest absolute Gasteiger partial charge is 0.483 e. The predicted octanol–water partition coefficient (Wildman–Crippen LogP) is 1.91. The summed E-state index contributed by atoms with van der Waals surface area (Å²) < 4.78 is 6.36. The van der Waals surface area contributed by atoms with Crippen molar-refractivity contribution in [2.75, 3.05) is 6.61 Å². The van der Waals surface area contributed by atoms with E-state index < -0.39 is 11.9 Å². The lowest BCUT2D eigenvalue weighted by atomic mass is 10.1. The third-order valence-electron chi connectivity index (χ3n) is 2.45. The van der Waals surface area contributed by atoms with Crippen molar-refractivity contribution in [3.8, 4) is 5.75 Å². The Morgan fingerprint density at radius 2 is 2.00 bits per heavy atom. The topological polar surface area (TPSA) is 93.4 Å². The number of hydrogen-bond acceptors (Lipinski definition) is 4. The molecule has 7 heteroatoms. The van der Waals surface area contributed by atoms with Gasteiger partial charge in [-0.05, 0) is 39.0 Å². The Bertz CT molecular complexity index is 527. The Labute approximate surface area is 132 Å². The molecule has 0 saturated carbocycles. The molecule has 21 heavy (non-hydrogen) atoms. The number of halogens is 1. The summed E-state index contributed by atoms with van der Waals surface area (Å²) in [5.41, 5.74) is 5.73. The normalized spacial score (nSPS) is 11.0. The van der Waals surface area contributed by atoms with Crippen molar-refractivity contribution >= 4 is 27.9 Å². The average molecular weight is 358 g/mol. The van der Waals surface area contributed by atoms with Crippen molar-refractivity contribution in [1.82, 2.24) is 10.6 Å². The van der Waals surface area contributed by atoms with Gasteiger partial charge >= 0.3 is 6.03 Å². The molecular weight excluding hydrogens is 338 g/mol. The number of rotatable bonds is 5. The van der Waals surface area contributed by atoms with Gasteiger partial charge in [0.1, 0.15) is 5.75 Å². The summed E-state index contributed by atoms with van der Waals surface area (Å²) in [6, 6.07) is 4.61. The molecule has 6 nitrogen and oxygen atoms in total. The monoisotopic (exact) mass is 357 g/mol. The second-order valence-electron chi connectivity index (χ2n) is 5.56. The maximum absolute atomic E-state index is 11.4. The number of imide groups is 1. The first kappa shape index (κ1) is 17.5. The zero-order valence-corrected chi connectivity index (χ0v) is 13.9. The fourth-order valence-electron chi connectivity index (χ4n) is 1.50. The van der Waals surface area contributed by atoms with Gasteiger partial charge in [0.25, 0.3) is 5.91 Å². The van der Waals surface area contributed by atoms with Gasteiger partial charge in [-0.15, -0.1) is 0 Å². The molecule has 0 atom stereocenters. The smallest absolute Gasteiger partial charge is 0.318 e. The van der Waals surface area contributed by atoms with Crippen LogP contribution in [0.1, 0.15) is 26.3 Å². The van der Waals surface area contributed by atoms with Gasteiger partial charge in [0, 0.05) is 22.1 Å². The first-order chi connectivity index (χ1) is 9.67. The summed E-state index contributed by atoms with van der Waals surface area (Å²) in [7, 11) is 0. The lowest BCUT2D eigenvalue weighted by molar-refractivity contribution is -0.121. The van der Waals surface area contributed by atoms with Crippen LogP contribution in [0.5, 0.6) is 5.75 Å². The van der Waals surface area contributed by atoms with Gasteiger partial charge in [0.05, 0.1) is 0 Å². The van der Waals surface area contributed by atoms with Crippen molar-refractivity contribution < 1.29 is 14.3 Å². The molecule has 0 saturated heterocycles. The van der Waals surface area contributed by atoms with Crippen LogP contribution < -0.4 is 21.1 Å². The van der Waals surface area contributed by atoms with Crippen LogP contribution in [0.25, 0.3) is 0 Å². The van der Waals surface area contributed by atoms with Gasteiger partial charge in [-0.1, -0.05) is 15.9 Å². The minimum Gasteiger partial charge on any atom is -0.483 e. The van der Waals surface area contributed by atoms with Crippen molar-refractivity contribution in [2.45, 2.75) is 32.9 Å². The highest BCUT2D eigenvalue weighted by atomic mass is 79.9. The van der Waals surface area contributed by atoms with E-state index in [0.29, 0.717) is 12.3 Å². The summed E-state index contributed by atoms with van der Waals surface area (Å²) in [6.07, 6.45) is 0. The van der Waals surface area contributed by atoms with E-state index in [1.807, 2.05) is 17.4 Å². The molecule has 0 radical (unpaired) electrons. The standard InChI is InChI=1S/C14H20BrN3O3/c1-14(2,3)17-7-9-6-10(15)4-5-11(9)21-8-12(19)18-13(16)20/h4-6,17H,7-8H2,1-3H3,(H3,16,18,19,20). The van der Waals surface area contributed by atoms with Gasteiger partial charge < -0.3 is 15.8 Å². The summed E-state index contributed by atoms with van der Waals surface area (Å²) in [5.74, 6) is -0.00489. The Hall–Kier alpha value is -1.60. The molecule has 116 valence electrons. The zero-order chi connectivity index (χ0) is 16.0. The van der Waals surface area contributed by atoms with Crippen molar-refractivity contribution in [3.05, 3.63) is 28.2 Å². The fraction of sp³-hybridized carbons (Fsp3) is 0.429. The van der Waals surface area contributed by atoms with Crippen LogP contribution in [-0.4, -0.2) is 24.1 Å². The van der Waals surface area contributed by atoms with E-state index >= 15 is 0 Å². The molecule has 4 N–H and O–H groups in total. The van der Waals surface area contributed by atoms with E-state index in [1.165, 1.54) is 0 Å². The molecule has 0 aromatic heterocycles.